The lowest BCUT2D eigenvalue weighted by Crippen LogP contribution is -2.46. The smallest absolute Gasteiger partial charge is 0.248 e. The van der Waals surface area contributed by atoms with Crippen LogP contribution in [0, 0.1) is 0 Å². The molecule has 4 aromatic rings. The van der Waals surface area contributed by atoms with Gasteiger partial charge in [-0.3, -0.25) is 9.69 Å². The average Bonchev–Trinajstić information content (AvgIpc) is 3.23. The molecule has 9 heteroatoms. The lowest BCUT2D eigenvalue weighted by molar-refractivity contribution is 0.133. The number of aromatic amines is 1. The molecule has 1 aromatic carbocycles. The number of likely N-dealkylation sites (N-methyl/N-ethyl adjacent to an activating group) is 1. The Balaban J connectivity index is 1.54. The first kappa shape index (κ1) is 21.8. The van der Waals surface area contributed by atoms with Crippen molar-refractivity contribution in [2.24, 2.45) is 0 Å². The van der Waals surface area contributed by atoms with E-state index in [0.717, 1.165) is 55.9 Å². The molecule has 0 saturated carbocycles. The molecule has 3 aromatic heterocycles. The van der Waals surface area contributed by atoms with Gasteiger partial charge in [0.1, 0.15) is 11.4 Å². The van der Waals surface area contributed by atoms with E-state index in [9.17, 15) is 4.79 Å². The third-order valence-electron chi connectivity index (χ3n) is 6.21. The number of halogens is 1. The minimum Gasteiger partial charge on any atom is -0.320 e. The van der Waals surface area contributed by atoms with E-state index in [1.165, 1.54) is 6.07 Å². The molecule has 0 radical (unpaired) electrons. The fourth-order valence-electron chi connectivity index (χ4n) is 4.29. The van der Waals surface area contributed by atoms with Crippen LogP contribution in [0.2, 0.25) is 5.02 Å². The Morgan fingerprint density at radius 1 is 0.909 bits per heavy atom. The molecule has 1 N–H and O–H groups in total. The monoisotopic (exact) mass is 463 g/mol. The Kier molecular flexibility index (Phi) is 6.22. The van der Waals surface area contributed by atoms with Crippen LogP contribution in [0.15, 0.2) is 53.3 Å². The third kappa shape index (κ3) is 4.42. The third-order valence-corrected chi connectivity index (χ3v) is 6.58. The highest BCUT2D eigenvalue weighted by Gasteiger charge is 2.22. The van der Waals surface area contributed by atoms with Gasteiger partial charge in [-0.25, -0.2) is 4.68 Å². The van der Waals surface area contributed by atoms with Gasteiger partial charge in [-0.2, -0.15) is 5.10 Å². The summed E-state index contributed by atoms with van der Waals surface area (Å²) in [6.45, 7) is 9.18. The number of benzene rings is 1. The number of hydrogen-bond acceptors (Lipinski definition) is 6. The van der Waals surface area contributed by atoms with Crippen LogP contribution in [-0.2, 0) is 6.54 Å². The summed E-state index contributed by atoms with van der Waals surface area (Å²) in [5.74, 6) is 0. The van der Waals surface area contributed by atoms with E-state index < -0.39 is 0 Å². The van der Waals surface area contributed by atoms with Crippen LogP contribution >= 0.6 is 11.6 Å². The topological polar surface area (TPSA) is 82.9 Å². The summed E-state index contributed by atoms with van der Waals surface area (Å²) in [5.41, 5.74) is 3.12. The lowest BCUT2D eigenvalue weighted by Gasteiger charge is -2.33. The number of aromatic nitrogens is 5. The molecule has 0 atom stereocenters. The van der Waals surface area contributed by atoms with Crippen LogP contribution in [0.25, 0.3) is 33.7 Å². The van der Waals surface area contributed by atoms with Crippen LogP contribution in [0.5, 0.6) is 0 Å². The Morgan fingerprint density at radius 3 is 2.39 bits per heavy atom. The van der Waals surface area contributed by atoms with Crippen LogP contribution in [0.3, 0.4) is 0 Å². The van der Waals surface area contributed by atoms with E-state index in [1.54, 1.807) is 12.1 Å². The van der Waals surface area contributed by atoms with Gasteiger partial charge in [0.15, 0.2) is 5.65 Å². The molecule has 1 aliphatic heterocycles. The normalized spacial score (nSPS) is 15.3. The van der Waals surface area contributed by atoms with E-state index in [1.807, 2.05) is 35.0 Å². The van der Waals surface area contributed by atoms with Crippen molar-refractivity contribution in [2.45, 2.75) is 13.5 Å². The van der Waals surface area contributed by atoms with Gasteiger partial charge in [0, 0.05) is 44.4 Å². The molecule has 0 unspecified atom stereocenters. The van der Waals surface area contributed by atoms with Gasteiger partial charge < -0.3 is 9.88 Å². The molecule has 5 rings (SSSR count). The molecule has 1 saturated heterocycles. The second-order valence-corrected chi connectivity index (χ2v) is 8.58. The number of hydrogen-bond donors (Lipinski definition) is 1. The minimum atomic E-state index is -0.215. The largest absolute Gasteiger partial charge is 0.320 e. The Hall–Kier alpha value is -3.07. The summed E-state index contributed by atoms with van der Waals surface area (Å²) in [6, 6.07) is 14.9. The fourth-order valence-corrected chi connectivity index (χ4v) is 4.61. The van der Waals surface area contributed by atoms with E-state index in [-0.39, 0.29) is 5.56 Å². The van der Waals surface area contributed by atoms with Gasteiger partial charge >= 0.3 is 0 Å². The zero-order chi connectivity index (χ0) is 22.8. The van der Waals surface area contributed by atoms with E-state index >= 15 is 0 Å². The number of nitrogens with zero attached hydrogens (tertiary/aromatic N) is 6. The maximum atomic E-state index is 11.8. The highest BCUT2D eigenvalue weighted by molar-refractivity contribution is 6.38. The van der Waals surface area contributed by atoms with Crippen molar-refractivity contribution >= 4 is 22.6 Å². The SMILES string of the molecule is CCN1CCN(CCn2nc(-c3ccccc3)c3c(Cl)c(-c4cccc(=O)[nH]4)nnc32)CC1. The van der Waals surface area contributed by atoms with Crippen molar-refractivity contribution in [1.29, 1.82) is 0 Å². The Morgan fingerprint density at radius 2 is 1.67 bits per heavy atom. The number of fused-ring (bicyclic) bond motifs is 1. The maximum Gasteiger partial charge on any atom is 0.248 e. The first-order valence-electron chi connectivity index (χ1n) is 11.3. The molecular weight excluding hydrogens is 438 g/mol. The highest BCUT2D eigenvalue weighted by atomic mass is 35.5. The Labute approximate surface area is 196 Å². The summed E-state index contributed by atoms with van der Waals surface area (Å²) in [4.78, 5) is 19.6. The zero-order valence-electron chi connectivity index (χ0n) is 18.5. The molecule has 1 fully saturated rings. The first-order chi connectivity index (χ1) is 16.1. The fraction of sp³-hybridized carbons (Fsp3) is 0.333. The molecular formula is C24H26ClN7O. The molecule has 0 amide bonds. The number of nitrogens with one attached hydrogen (secondary N) is 1. The van der Waals surface area contributed by atoms with Gasteiger partial charge in [0.05, 0.1) is 22.6 Å². The summed E-state index contributed by atoms with van der Waals surface area (Å²) in [6.07, 6.45) is 0. The average molecular weight is 464 g/mol. The van der Waals surface area contributed by atoms with Gasteiger partial charge in [0.2, 0.25) is 5.56 Å². The van der Waals surface area contributed by atoms with E-state index in [0.29, 0.717) is 28.6 Å². The van der Waals surface area contributed by atoms with Gasteiger partial charge in [-0.05, 0) is 12.6 Å². The standard InChI is InChI=1S/C24H26ClN7O/c1-2-30-11-13-31(14-12-30)15-16-32-24-20(22(29-32)17-7-4-3-5-8-17)21(25)23(27-28-24)18-9-6-10-19(33)26-18/h3-10H,2,11-16H2,1H3,(H,26,33). The Bertz CT molecular complexity index is 1310. The summed E-state index contributed by atoms with van der Waals surface area (Å²) in [5, 5.41) is 15.0. The molecule has 8 nitrogen and oxygen atoms in total. The number of piperazine rings is 1. The zero-order valence-corrected chi connectivity index (χ0v) is 19.3. The van der Waals surface area contributed by atoms with Crippen LogP contribution in [-0.4, -0.2) is 74.0 Å². The van der Waals surface area contributed by atoms with Crippen molar-refractivity contribution in [2.75, 3.05) is 39.3 Å². The summed E-state index contributed by atoms with van der Waals surface area (Å²) < 4.78 is 1.90. The van der Waals surface area contributed by atoms with Crippen molar-refractivity contribution in [3.05, 3.63) is 63.9 Å². The predicted molar refractivity (Wildman–Crippen MR) is 130 cm³/mol. The molecule has 0 spiro atoms. The van der Waals surface area contributed by atoms with E-state index in [2.05, 4.69) is 31.9 Å². The van der Waals surface area contributed by atoms with Gasteiger partial charge in [0.25, 0.3) is 0 Å². The molecule has 0 bridgehead atoms. The highest BCUT2D eigenvalue weighted by Crippen LogP contribution is 2.36. The second-order valence-electron chi connectivity index (χ2n) is 8.20. The van der Waals surface area contributed by atoms with Crippen LogP contribution < -0.4 is 5.56 Å². The van der Waals surface area contributed by atoms with Gasteiger partial charge in [-0.15, -0.1) is 10.2 Å². The molecule has 1 aliphatic rings. The van der Waals surface area contributed by atoms with Gasteiger partial charge in [-0.1, -0.05) is 54.9 Å². The predicted octanol–water partition coefficient (Wildman–Crippen LogP) is 3.14. The van der Waals surface area contributed by atoms with Crippen LogP contribution in [0.1, 0.15) is 6.92 Å². The minimum absolute atomic E-state index is 0.215. The van der Waals surface area contributed by atoms with Crippen molar-refractivity contribution in [1.82, 2.24) is 34.8 Å². The molecule has 0 aliphatic carbocycles. The molecule has 170 valence electrons. The van der Waals surface area contributed by atoms with Crippen molar-refractivity contribution in [3.63, 3.8) is 0 Å². The summed E-state index contributed by atoms with van der Waals surface area (Å²) >= 11 is 6.88. The van der Waals surface area contributed by atoms with Crippen LogP contribution in [0.4, 0.5) is 0 Å². The quantitative estimate of drug-likeness (QED) is 0.473. The number of H-pyrrole nitrogens is 1. The number of pyridine rings is 1. The molecule has 4 heterocycles. The number of rotatable bonds is 6. The van der Waals surface area contributed by atoms with Crippen molar-refractivity contribution < 1.29 is 0 Å². The van der Waals surface area contributed by atoms with Crippen molar-refractivity contribution in [3.8, 4) is 22.6 Å². The molecule has 33 heavy (non-hydrogen) atoms. The van der Waals surface area contributed by atoms with E-state index in [4.69, 9.17) is 16.7 Å². The first-order valence-corrected chi connectivity index (χ1v) is 11.6. The maximum absolute atomic E-state index is 11.8. The summed E-state index contributed by atoms with van der Waals surface area (Å²) in [7, 11) is 0. The second kappa shape index (κ2) is 9.43. The lowest BCUT2D eigenvalue weighted by atomic mass is 10.1.